The zero-order valence-corrected chi connectivity index (χ0v) is 11.5. The minimum Gasteiger partial charge on any atom is -0.409 e. The molecule has 2 rings (SSSR count). The molecule has 7 heteroatoms. The Morgan fingerprint density at radius 1 is 1.29 bits per heavy atom. The second-order valence-electron chi connectivity index (χ2n) is 5.24. The lowest BCUT2D eigenvalue weighted by atomic mass is 10.1. The van der Waals surface area contributed by atoms with Crippen molar-refractivity contribution in [2.45, 2.75) is 38.0 Å². The summed E-state index contributed by atoms with van der Waals surface area (Å²) in [4.78, 5) is 2.15. The van der Waals surface area contributed by atoms with Crippen molar-refractivity contribution in [1.29, 1.82) is 0 Å². The van der Waals surface area contributed by atoms with Gasteiger partial charge in [-0.3, -0.25) is 4.90 Å². The van der Waals surface area contributed by atoms with E-state index in [4.69, 9.17) is 10.9 Å². The van der Waals surface area contributed by atoms with Crippen molar-refractivity contribution in [3.05, 3.63) is 35.4 Å². The van der Waals surface area contributed by atoms with E-state index in [1.54, 1.807) is 0 Å². The average molecular weight is 301 g/mol. The van der Waals surface area contributed by atoms with Crippen molar-refractivity contribution in [2.75, 3.05) is 6.54 Å². The molecule has 0 unspecified atom stereocenters. The molecule has 0 saturated heterocycles. The molecule has 0 aliphatic heterocycles. The molecule has 4 nitrogen and oxygen atoms in total. The fourth-order valence-corrected chi connectivity index (χ4v) is 2.17. The van der Waals surface area contributed by atoms with E-state index in [0.29, 0.717) is 25.6 Å². The second-order valence-corrected chi connectivity index (χ2v) is 5.24. The number of rotatable bonds is 6. The van der Waals surface area contributed by atoms with Crippen molar-refractivity contribution in [2.24, 2.45) is 10.9 Å². The number of hydrogen-bond acceptors (Lipinski definition) is 3. The Bertz CT molecular complexity index is 495. The molecule has 0 spiro atoms. The SMILES string of the molecule is NC(CCN(Cc1ccc(C(F)(F)F)cc1)C1CC1)=NO. The summed E-state index contributed by atoms with van der Waals surface area (Å²) in [5.74, 6) is 0.160. The van der Waals surface area contributed by atoms with Gasteiger partial charge in [0.25, 0.3) is 0 Å². The molecule has 1 aromatic rings. The molecule has 3 N–H and O–H groups in total. The number of benzene rings is 1. The van der Waals surface area contributed by atoms with Crippen molar-refractivity contribution in [1.82, 2.24) is 4.90 Å². The lowest BCUT2D eigenvalue weighted by molar-refractivity contribution is -0.137. The molecule has 0 bridgehead atoms. The molecular weight excluding hydrogens is 283 g/mol. The van der Waals surface area contributed by atoms with Gasteiger partial charge in [0.2, 0.25) is 0 Å². The van der Waals surface area contributed by atoms with Gasteiger partial charge in [-0.15, -0.1) is 0 Å². The van der Waals surface area contributed by atoms with Crippen molar-refractivity contribution >= 4 is 5.84 Å². The highest BCUT2D eigenvalue weighted by atomic mass is 19.4. The number of alkyl halides is 3. The van der Waals surface area contributed by atoms with Gasteiger partial charge in [0.05, 0.1) is 5.56 Å². The minimum absolute atomic E-state index is 0.160. The molecule has 1 aromatic carbocycles. The average Bonchev–Trinajstić information content (AvgIpc) is 3.27. The first-order valence-electron chi connectivity index (χ1n) is 6.76. The van der Waals surface area contributed by atoms with Crippen LogP contribution in [0.25, 0.3) is 0 Å². The third-order valence-electron chi connectivity index (χ3n) is 3.51. The van der Waals surface area contributed by atoms with Gasteiger partial charge in [-0.25, -0.2) is 0 Å². The summed E-state index contributed by atoms with van der Waals surface area (Å²) in [7, 11) is 0. The highest BCUT2D eigenvalue weighted by Crippen LogP contribution is 2.31. The van der Waals surface area contributed by atoms with Crippen LogP contribution in [0.3, 0.4) is 0 Å². The summed E-state index contributed by atoms with van der Waals surface area (Å²) >= 11 is 0. The first-order valence-corrected chi connectivity index (χ1v) is 6.76. The van der Waals surface area contributed by atoms with E-state index in [-0.39, 0.29) is 5.84 Å². The number of amidine groups is 1. The highest BCUT2D eigenvalue weighted by Gasteiger charge is 2.31. The first-order chi connectivity index (χ1) is 9.90. The largest absolute Gasteiger partial charge is 0.416 e. The molecule has 21 heavy (non-hydrogen) atoms. The summed E-state index contributed by atoms with van der Waals surface area (Å²) in [6.07, 6.45) is -1.71. The summed E-state index contributed by atoms with van der Waals surface area (Å²) in [6, 6.07) is 5.65. The maximum absolute atomic E-state index is 12.5. The van der Waals surface area contributed by atoms with Crippen LogP contribution in [0.15, 0.2) is 29.4 Å². The van der Waals surface area contributed by atoms with E-state index >= 15 is 0 Å². The lowest BCUT2D eigenvalue weighted by Gasteiger charge is -2.22. The summed E-state index contributed by atoms with van der Waals surface area (Å²) in [5, 5.41) is 11.5. The van der Waals surface area contributed by atoms with Crippen molar-refractivity contribution in [3.8, 4) is 0 Å². The van der Waals surface area contributed by atoms with E-state index in [1.807, 2.05) is 0 Å². The van der Waals surface area contributed by atoms with Crippen LogP contribution >= 0.6 is 0 Å². The van der Waals surface area contributed by atoms with Crippen molar-refractivity contribution in [3.63, 3.8) is 0 Å². The third kappa shape index (κ3) is 4.63. The zero-order chi connectivity index (χ0) is 15.5. The van der Waals surface area contributed by atoms with Crippen LogP contribution < -0.4 is 5.73 Å². The predicted octanol–water partition coefficient (Wildman–Crippen LogP) is 2.81. The fraction of sp³-hybridized carbons (Fsp3) is 0.500. The predicted molar refractivity (Wildman–Crippen MR) is 72.9 cm³/mol. The molecule has 0 heterocycles. The number of hydrogen-bond donors (Lipinski definition) is 2. The van der Waals surface area contributed by atoms with Crippen LogP contribution in [0, 0.1) is 0 Å². The molecule has 0 amide bonds. The summed E-state index contributed by atoms with van der Waals surface area (Å²) < 4.78 is 37.5. The Hall–Kier alpha value is -1.76. The van der Waals surface area contributed by atoms with Gasteiger partial charge in [0.1, 0.15) is 5.84 Å². The Morgan fingerprint density at radius 3 is 2.38 bits per heavy atom. The van der Waals surface area contributed by atoms with Gasteiger partial charge in [-0.05, 0) is 30.5 Å². The fourth-order valence-electron chi connectivity index (χ4n) is 2.17. The molecule has 1 fully saturated rings. The first kappa shape index (κ1) is 15.6. The van der Waals surface area contributed by atoms with Gasteiger partial charge in [-0.2, -0.15) is 13.2 Å². The van der Waals surface area contributed by atoms with E-state index in [1.165, 1.54) is 12.1 Å². The quantitative estimate of drug-likeness (QED) is 0.367. The Balaban J connectivity index is 1.97. The van der Waals surface area contributed by atoms with E-state index in [9.17, 15) is 13.2 Å². The lowest BCUT2D eigenvalue weighted by Crippen LogP contribution is -2.29. The molecule has 0 aromatic heterocycles. The van der Waals surface area contributed by atoms with Crippen LogP contribution in [-0.4, -0.2) is 28.5 Å². The standard InChI is InChI=1S/C14H18F3N3O/c15-14(16,17)11-3-1-10(2-4-11)9-20(12-5-6-12)8-7-13(18)19-21/h1-4,12,21H,5-9H2,(H2,18,19). The number of halogens is 3. The zero-order valence-electron chi connectivity index (χ0n) is 11.5. The summed E-state index contributed by atoms with van der Waals surface area (Å²) in [6.45, 7) is 1.20. The van der Waals surface area contributed by atoms with Gasteiger partial charge in [0.15, 0.2) is 0 Å². The smallest absolute Gasteiger partial charge is 0.409 e. The Morgan fingerprint density at radius 2 is 1.90 bits per heavy atom. The molecule has 116 valence electrons. The normalized spacial score (nSPS) is 16.5. The second kappa shape index (κ2) is 6.34. The van der Waals surface area contributed by atoms with Crippen LogP contribution in [0.4, 0.5) is 13.2 Å². The maximum atomic E-state index is 12.5. The van der Waals surface area contributed by atoms with Gasteiger partial charge in [-0.1, -0.05) is 17.3 Å². The van der Waals surface area contributed by atoms with Gasteiger partial charge in [0, 0.05) is 25.6 Å². The van der Waals surface area contributed by atoms with Crippen molar-refractivity contribution < 1.29 is 18.4 Å². The van der Waals surface area contributed by atoms with E-state index in [2.05, 4.69) is 10.1 Å². The Kier molecular flexibility index (Phi) is 4.72. The molecule has 1 saturated carbocycles. The molecule has 1 aliphatic carbocycles. The highest BCUT2D eigenvalue weighted by molar-refractivity contribution is 5.79. The van der Waals surface area contributed by atoms with Crippen LogP contribution in [0.2, 0.25) is 0 Å². The third-order valence-corrected chi connectivity index (χ3v) is 3.51. The number of nitrogens with two attached hydrogens (primary N) is 1. The van der Waals surface area contributed by atoms with Crippen LogP contribution in [-0.2, 0) is 12.7 Å². The summed E-state index contributed by atoms with van der Waals surface area (Å²) in [5.41, 5.74) is 5.64. The monoisotopic (exact) mass is 301 g/mol. The Labute approximate surface area is 121 Å². The minimum atomic E-state index is -4.30. The molecular formula is C14H18F3N3O. The van der Waals surface area contributed by atoms with Gasteiger partial charge >= 0.3 is 6.18 Å². The van der Waals surface area contributed by atoms with Crippen LogP contribution in [0.1, 0.15) is 30.4 Å². The van der Waals surface area contributed by atoms with Gasteiger partial charge < -0.3 is 10.9 Å². The van der Waals surface area contributed by atoms with E-state index in [0.717, 1.165) is 30.5 Å². The number of nitrogens with zero attached hydrogens (tertiary/aromatic N) is 2. The molecule has 1 aliphatic rings. The topological polar surface area (TPSA) is 61.8 Å². The maximum Gasteiger partial charge on any atom is 0.416 e. The molecule has 0 radical (unpaired) electrons. The molecule has 0 atom stereocenters. The van der Waals surface area contributed by atoms with Crippen LogP contribution in [0.5, 0.6) is 0 Å². The number of oxime groups is 1. The van der Waals surface area contributed by atoms with E-state index < -0.39 is 11.7 Å².